The Kier molecular flexibility index (Phi) is 3.58. The van der Waals surface area contributed by atoms with Gasteiger partial charge >= 0.3 is 0 Å². The summed E-state index contributed by atoms with van der Waals surface area (Å²) >= 11 is 3.33. The van der Waals surface area contributed by atoms with E-state index in [1.807, 2.05) is 25.1 Å². The third-order valence-corrected chi connectivity index (χ3v) is 2.55. The molecule has 0 fully saturated rings. The van der Waals surface area contributed by atoms with Crippen molar-refractivity contribution in [2.24, 2.45) is 0 Å². The van der Waals surface area contributed by atoms with Crippen LogP contribution in [0.15, 0.2) is 22.8 Å². The molecule has 0 amide bonds. The Labute approximate surface area is 101 Å². The van der Waals surface area contributed by atoms with E-state index in [9.17, 15) is 0 Å². The molecule has 0 aliphatic rings. The summed E-state index contributed by atoms with van der Waals surface area (Å²) in [7, 11) is 0. The van der Waals surface area contributed by atoms with Crippen molar-refractivity contribution in [3.05, 3.63) is 34.3 Å². The van der Waals surface area contributed by atoms with Crippen molar-refractivity contribution < 1.29 is 0 Å². The Morgan fingerprint density at radius 3 is 3.06 bits per heavy atom. The van der Waals surface area contributed by atoms with Gasteiger partial charge in [-0.3, -0.25) is 0 Å². The molecule has 84 valence electrons. The lowest BCUT2D eigenvalue weighted by Crippen LogP contribution is -2.19. The molecule has 1 atom stereocenters. The summed E-state index contributed by atoms with van der Waals surface area (Å²) in [6, 6.07) is 5.85. The number of aromatic amines is 1. The molecule has 0 aromatic carbocycles. The molecule has 1 unspecified atom stereocenters. The van der Waals surface area contributed by atoms with Crippen molar-refractivity contribution in [2.45, 2.75) is 19.5 Å². The third-order valence-electron chi connectivity index (χ3n) is 2.11. The van der Waals surface area contributed by atoms with Crippen LogP contribution in [0.4, 0.5) is 0 Å². The van der Waals surface area contributed by atoms with Crippen LogP contribution < -0.4 is 5.32 Å². The van der Waals surface area contributed by atoms with Gasteiger partial charge in [0, 0.05) is 6.54 Å². The summed E-state index contributed by atoms with van der Waals surface area (Å²) in [5, 5.41) is 17.0. The fourth-order valence-electron chi connectivity index (χ4n) is 1.25. The Bertz CT molecular complexity index is 443. The molecule has 2 N–H and O–H groups in total. The maximum atomic E-state index is 4.32. The number of hydrogen-bond acceptors (Lipinski definition) is 5. The van der Waals surface area contributed by atoms with Crippen LogP contribution in [0.2, 0.25) is 0 Å². The number of rotatable bonds is 4. The Morgan fingerprint density at radius 1 is 1.50 bits per heavy atom. The number of nitrogens with zero attached hydrogens (tertiary/aromatic N) is 4. The fraction of sp³-hybridized carbons (Fsp3) is 0.333. The molecule has 2 heterocycles. The van der Waals surface area contributed by atoms with Gasteiger partial charge in [0.1, 0.15) is 4.60 Å². The van der Waals surface area contributed by atoms with Crippen LogP contribution in [0, 0.1) is 0 Å². The standard InChI is InChI=1S/C9H11BrN6/c1-6(9-13-15-16-14-9)11-5-7-3-2-4-8(10)12-7/h2-4,6,11H,5H2,1H3,(H,13,14,15,16). The lowest BCUT2D eigenvalue weighted by molar-refractivity contribution is 0.541. The van der Waals surface area contributed by atoms with E-state index in [-0.39, 0.29) is 6.04 Å². The number of tetrazole rings is 1. The van der Waals surface area contributed by atoms with E-state index in [4.69, 9.17) is 0 Å². The van der Waals surface area contributed by atoms with Crippen LogP contribution in [0.3, 0.4) is 0 Å². The van der Waals surface area contributed by atoms with Gasteiger partial charge in [0.15, 0.2) is 5.82 Å². The van der Waals surface area contributed by atoms with Crippen LogP contribution in [0.1, 0.15) is 24.5 Å². The van der Waals surface area contributed by atoms with E-state index >= 15 is 0 Å². The molecular formula is C9H11BrN6. The molecule has 7 heteroatoms. The summed E-state index contributed by atoms with van der Waals surface area (Å²) in [5.41, 5.74) is 0.963. The second kappa shape index (κ2) is 5.13. The zero-order valence-corrected chi connectivity index (χ0v) is 10.3. The molecular weight excluding hydrogens is 272 g/mol. The zero-order valence-electron chi connectivity index (χ0n) is 8.68. The largest absolute Gasteiger partial charge is 0.302 e. The van der Waals surface area contributed by atoms with E-state index in [0.717, 1.165) is 10.3 Å². The molecule has 0 aliphatic carbocycles. The number of hydrogen-bond donors (Lipinski definition) is 2. The minimum absolute atomic E-state index is 0.0412. The van der Waals surface area contributed by atoms with E-state index < -0.39 is 0 Å². The second-order valence-corrected chi connectivity index (χ2v) is 4.14. The van der Waals surface area contributed by atoms with Gasteiger partial charge in [-0.05, 0) is 35.0 Å². The number of aromatic nitrogens is 5. The first-order valence-corrected chi connectivity index (χ1v) is 5.63. The summed E-state index contributed by atoms with van der Waals surface area (Å²) < 4.78 is 0.832. The van der Waals surface area contributed by atoms with Crippen molar-refractivity contribution in [1.29, 1.82) is 0 Å². The predicted octanol–water partition coefficient (Wildman–Crippen LogP) is 1.21. The molecule has 0 aliphatic heterocycles. The average molecular weight is 283 g/mol. The molecule has 0 bridgehead atoms. The van der Waals surface area contributed by atoms with Crippen molar-refractivity contribution >= 4 is 15.9 Å². The van der Waals surface area contributed by atoms with E-state index in [1.165, 1.54) is 0 Å². The maximum absolute atomic E-state index is 4.32. The highest BCUT2D eigenvalue weighted by Crippen LogP contribution is 2.08. The smallest absolute Gasteiger partial charge is 0.191 e. The Morgan fingerprint density at radius 2 is 2.38 bits per heavy atom. The van der Waals surface area contributed by atoms with Gasteiger partial charge in [-0.1, -0.05) is 11.3 Å². The fourth-order valence-corrected chi connectivity index (χ4v) is 1.63. The molecule has 16 heavy (non-hydrogen) atoms. The first kappa shape index (κ1) is 11.2. The molecule has 2 aromatic heterocycles. The van der Waals surface area contributed by atoms with Gasteiger partial charge in [-0.15, -0.1) is 10.2 Å². The van der Waals surface area contributed by atoms with E-state index in [2.05, 4.69) is 46.9 Å². The second-order valence-electron chi connectivity index (χ2n) is 3.32. The highest BCUT2D eigenvalue weighted by molar-refractivity contribution is 9.10. The van der Waals surface area contributed by atoms with Gasteiger partial charge in [-0.2, -0.15) is 5.21 Å². The van der Waals surface area contributed by atoms with Crippen molar-refractivity contribution in [2.75, 3.05) is 0 Å². The van der Waals surface area contributed by atoms with Crippen molar-refractivity contribution in [1.82, 2.24) is 30.9 Å². The van der Waals surface area contributed by atoms with Crippen LogP contribution in [-0.4, -0.2) is 25.6 Å². The van der Waals surface area contributed by atoms with Gasteiger partial charge in [0.05, 0.1) is 11.7 Å². The molecule has 0 saturated carbocycles. The number of pyridine rings is 1. The number of H-pyrrole nitrogens is 1. The van der Waals surface area contributed by atoms with E-state index in [1.54, 1.807) is 0 Å². The maximum Gasteiger partial charge on any atom is 0.191 e. The minimum atomic E-state index is 0.0412. The lowest BCUT2D eigenvalue weighted by atomic mass is 10.3. The monoisotopic (exact) mass is 282 g/mol. The summed E-state index contributed by atoms with van der Waals surface area (Å²) in [6.07, 6.45) is 0. The van der Waals surface area contributed by atoms with Gasteiger partial charge in [0.25, 0.3) is 0 Å². The SMILES string of the molecule is CC(NCc1cccc(Br)n1)c1nn[nH]n1. The number of halogens is 1. The van der Waals surface area contributed by atoms with Gasteiger partial charge in [-0.25, -0.2) is 4.98 Å². The molecule has 2 aromatic rings. The van der Waals surface area contributed by atoms with Crippen molar-refractivity contribution in [3.63, 3.8) is 0 Å². The van der Waals surface area contributed by atoms with Gasteiger partial charge in [0.2, 0.25) is 0 Å². The minimum Gasteiger partial charge on any atom is -0.302 e. The van der Waals surface area contributed by atoms with Gasteiger partial charge < -0.3 is 5.32 Å². The highest BCUT2D eigenvalue weighted by Gasteiger charge is 2.09. The van der Waals surface area contributed by atoms with E-state index in [0.29, 0.717) is 12.4 Å². The molecule has 0 spiro atoms. The zero-order chi connectivity index (χ0) is 11.4. The Balaban J connectivity index is 1.92. The highest BCUT2D eigenvalue weighted by atomic mass is 79.9. The Hall–Kier alpha value is -1.34. The first-order chi connectivity index (χ1) is 7.75. The van der Waals surface area contributed by atoms with Crippen LogP contribution in [0.5, 0.6) is 0 Å². The van der Waals surface area contributed by atoms with Crippen LogP contribution in [0.25, 0.3) is 0 Å². The summed E-state index contributed by atoms with van der Waals surface area (Å²) in [6.45, 7) is 2.64. The van der Waals surface area contributed by atoms with Crippen LogP contribution >= 0.6 is 15.9 Å². The molecule has 6 nitrogen and oxygen atoms in total. The van der Waals surface area contributed by atoms with Crippen LogP contribution in [-0.2, 0) is 6.54 Å². The number of nitrogens with one attached hydrogen (secondary N) is 2. The predicted molar refractivity (Wildman–Crippen MR) is 61.4 cm³/mol. The molecule has 2 rings (SSSR count). The quantitative estimate of drug-likeness (QED) is 0.824. The first-order valence-electron chi connectivity index (χ1n) is 4.84. The molecule has 0 radical (unpaired) electrons. The normalized spacial score (nSPS) is 12.6. The topological polar surface area (TPSA) is 79.4 Å². The van der Waals surface area contributed by atoms with Crippen molar-refractivity contribution in [3.8, 4) is 0 Å². The summed E-state index contributed by atoms with van der Waals surface area (Å²) in [4.78, 5) is 4.32. The average Bonchev–Trinajstić information content (AvgIpc) is 2.79. The lowest BCUT2D eigenvalue weighted by Gasteiger charge is -2.09. The third kappa shape index (κ3) is 2.83. The summed E-state index contributed by atoms with van der Waals surface area (Å²) in [5.74, 6) is 0.648. The molecule has 0 saturated heterocycles.